The van der Waals surface area contributed by atoms with Crippen LogP contribution in [0, 0.1) is 6.92 Å². The normalized spacial score (nSPS) is 10.8. The van der Waals surface area contributed by atoms with E-state index in [0.717, 1.165) is 36.2 Å². The fourth-order valence-corrected chi connectivity index (χ4v) is 3.05. The van der Waals surface area contributed by atoms with Gasteiger partial charge in [-0.25, -0.2) is 0 Å². The summed E-state index contributed by atoms with van der Waals surface area (Å²) in [5.74, 6) is -0.525. The summed E-state index contributed by atoms with van der Waals surface area (Å²) < 4.78 is 1.90. The van der Waals surface area contributed by atoms with E-state index in [1.807, 2.05) is 42.8 Å². The average molecular weight is 356 g/mol. The Kier molecular flexibility index (Phi) is 6.95. The average Bonchev–Trinajstić information content (AvgIpc) is 3.03. The molecule has 26 heavy (non-hydrogen) atoms. The molecule has 140 valence electrons. The third kappa shape index (κ3) is 4.50. The number of aromatic nitrogens is 2. The van der Waals surface area contributed by atoms with Gasteiger partial charge in [0.25, 0.3) is 5.91 Å². The summed E-state index contributed by atoms with van der Waals surface area (Å²) in [5.41, 5.74) is 3.19. The molecule has 0 unspecified atom stereocenters. The molecule has 0 saturated carbocycles. The summed E-state index contributed by atoms with van der Waals surface area (Å²) in [6, 6.07) is 7.94. The lowest BCUT2D eigenvalue weighted by atomic mass is 10.1. The molecule has 6 heteroatoms. The Balaban J connectivity index is 1.97. The van der Waals surface area contributed by atoms with Crippen molar-refractivity contribution >= 4 is 17.5 Å². The minimum Gasteiger partial charge on any atom is -0.343 e. The minimum absolute atomic E-state index is 0.0769. The number of nitrogens with zero attached hydrogens (tertiary/aromatic N) is 2. The third-order valence-electron chi connectivity index (χ3n) is 4.66. The Labute approximate surface area is 155 Å². The SMILES string of the molecule is CCc1ccccc1NC(=O)CNC(=O)c1cnn(C(CC)CC)c1C. The maximum Gasteiger partial charge on any atom is 0.255 e. The van der Waals surface area contributed by atoms with Crippen molar-refractivity contribution in [3.63, 3.8) is 0 Å². The second-order valence-electron chi connectivity index (χ2n) is 6.30. The number of amides is 2. The van der Waals surface area contributed by atoms with Crippen LogP contribution in [0.4, 0.5) is 5.69 Å². The zero-order chi connectivity index (χ0) is 19.1. The van der Waals surface area contributed by atoms with Crippen molar-refractivity contribution < 1.29 is 9.59 Å². The van der Waals surface area contributed by atoms with E-state index in [0.29, 0.717) is 5.56 Å². The molecule has 0 spiro atoms. The first kappa shape index (κ1) is 19.7. The Morgan fingerprint density at radius 3 is 2.50 bits per heavy atom. The number of hydrogen-bond acceptors (Lipinski definition) is 3. The van der Waals surface area contributed by atoms with Gasteiger partial charge in [0.2, 0.25) is 5.91 Å². The van der Waals surface area contributed by atoms with Crippen molar-refractivity contribution in [2.45, 2.75) is 53.0 Å². The molecule has 0 aliphatic heterocycles. The van der Waals surface area contributed by atoms with Gasteiger partial charge < -0.3 is 10.6 Å². The van der Waals surface area contributed by atoms with Crippen LogP contribution >= 0.6 is 0 Å². The van der Waals surface area contributed by atoms with E-state index in [1.54, 1.807) is 6.20 Å². The Morgan fingerprint density at radius 2 is 1.85 bits per heavy atom. The van der Waals surface area contributed by atoms with Crippen LogP contribution in [0.5, 0.6) is 0 Å². The molecule has 2 N–H and O–H groups in total. The monoisotopic (exact) mass is 356 g/mol. The molecule has 2 aromatic rings. The highest BCUT2D eigenvalue weighted by Crippen LogP contribution is 2.19. The van der Waals surface area contributed by atoms with E-state index in [-0.39, 0.29) is 24.4 Å². The van der Waals surface area contributed by atoms with Gasteiger partial charge in [-0.05, 0) is 37.8 Å². The summed E-state index contributed by atoms with van der Waals surface area (Å²) in [6.07, 6.45) is 4.32. The first-order chi connectivity index (χ1) is 12.5. The molecule has 0 radical (unpaired) electrons. The summed E-state index contributed by atoms with van der Waals surface area (Å²) >= 11 is 0. The lowest BCUT2D eigenvalue weighted by molar-refractivity contribution is -0.115. The number of nitrogens with one attached hydrogen (secondary N) is 2. The largest absolute Gasteiger partial charge is 0.343 e. The van der Waals surface area contributed by atoms with Crippen LogP contribution in [0.2, 0.25) is 0 Å². The van der Waals surface area contributed by atoms with Gasteiger partial charge in [0, 0.05) is 11.4 Å². The van der Waals surface area contributed by atoms with Crippen molar-refractivity contribution in [1.82, 2.24) is 15.1 Å². The molecule has 2 amide bonds. The van der Waals surface area contributed by atoms with Crippen LogP contribution in [0.25, 0.3) is 0 Å². The van der Waals surface area contributed by atoms with Crippen LogP contribution < -0.4 is 10.6 Å². The summed E-state index contributed by atoms with van der Waals surface area (Å²) in [5, 5.41) is 9.88. The predicted molar refractivity (Wildman–Crippen MR) is 103 cm³/mol. The van der Waals surface area contributed by atoms with Gasteiger partial charge in [0.05, 0.1) is 24.3 Å². The summed E-state index contributed by atoms with van der Waals surface area (Å²) in [4.78, 5) is 24.6. The third-order valence-corrected chi connectivity index (χ3v) is 4.66. The molecule has 2 rings (SSSR count). The van der Waals surface area contributed by atoms with Crippen LogP contribution in [0.1, 0.15) is 61.3 Å². The number of rotatable bonds is 8. The number of para-hydroxylation sites is 1. The maximum atomic E-state index is 12.4. The number of carbonyl (C=O) groups excluding carboxylic acids is 2. The van der Waals surface area contributed by atoms with Crippen molar-refractivity contribution in [3.05, 3.63) is 47.3 Å². The standard InChI is InChI=1S/C20H28N4O2/c1-5-15-10-8-9-11-18(15)23-19(25)13-21-20(26)17-12-22-24(14(17)4)16(6-2)7-3/h8-12,16H,5-7,13H2,1-4H3,(H,21,26)(H,23,25). The van der Waals surface area contributed by atoms with Crippen molar-refractivity contribution in [2.24, 2.45) is 0 Å². The topological polar surface area (TPSA) is 76.0 Å². The minimum atomic E-state index is -0.279. The van der Waals surface area contributed by atoms with E-state index < -0.39 is 0 Å². The molecule has 0 aliphatic rings. The number of carbonyl (C=O) groups is 2. The zero-order valence-electron chi connectivity index (χ0n) is 16.0. The van der Waals surface area contributed by atoms with Crippen LogP contribution in [0.3, 0.4) is 0 Å². The number of hydrogen-bond donors (Lipinski definition) is 2. The van der Waals surface area contributed by atoms with E-state index in [1.165, 1.54) is 0 Å². The molecule has 0 bridgehead atoms. The highest BCUT2D eigenvalue weighted by molar-refractivity contribution is 6.00. The number of aryl methyl sites for hydroxylation is 1. The molecule has 1 aromatic heterocycles. The van der Waals surface area contributed by atoms with Gasteiger partial charge in [-0.1, -0.05) is 39.0 Å². The van der Waals surface area contributed by atoms with Gasteiger partial charge in [0.15, 0.2) is 0 Å². The lowest BCUT2D eigenvalue weighted by Gasteiger charge is -2.15. The van der Waals surface area contributed by atoms with Gasteiger partial charge in [-0.15, -0.1) is 0 Å². The van der Waals surface area contributed by atoms with Crippen molar-refractivity contribution in [2.75, 3.05) is 11.9 Å². The van der Waals surface area contributed by atoms with Crippen molar-refractivity contribution in [1.29, 1.82) is 0 Å². The zero-order valence-corrected chi connectivity index (χ0v) is 16.0. The molecule has 1 aromatic carbocycles. The van der Waals surface area contributed by atoms with Crippen LogP contribution in [0.15, 0.2) is 30.5 Å². The Bertz CT molecular complexity index is 763. The molecule has 0 fully saturated rings. The van der Waals surface area contributed by atoms with E-state index >= 15 is 0 Å². The van der Waals surface area contributed by atoms with Gasteiger partial charge >= 0.3 is 0 Å². The highest BCUT2D eigenvalue weighted by Gasteiger charge is 2.18. The molecule has 0 saturated heterocycles. The first-order valence-electron chi connectivity index (χ1n) is 9.21. The first-order valence-corrected chi connectivity index (χ1v) is 9.21. The molecule has 0 aliphatic carbocycles. The Hall–Kier alpha value is -2.63. The van der Waals surface area contributed by atoms with Gasteiger partial charge in [-0.3, -0.25) is 14.3 Å². The van der Waals surface area contributed by atoms with Crippen LogP contribution in [-0.4, -0.2) is 28.1 Å². The molecule has 6 nitrogen and oxygen atoms in total. The second-order valence-corrected chi connectivity index (χ2v) is 6.30. The van der Waals surface area contributed by atoms with E-state index in [9.17, 15) is 9.59 Å². The van der Waals surface area contributed by atoms with E-state index in [4.69, 9.17) is 0 Å². The molecule has 1 heterocycles. The summed E-state index contributed by atoms with van der Waals surface area (Å²) in [7, 11) is 0. The number of benzene rings is 1. The molecular weight excluding hydrogens is 328 g/mol. The second kappa shape index (κ2) is 9.17. The smallest absolute Gasteiger partial charge is 0.255 e. The fourth-order valence-electron chi connectivity index (χ4n) is 3.05. The Morgan fingerprint density at radius 1 is 1.15 bits per heavy atom. The van der Waals surface area contributed by atoms with Gasteiger partial charge in [-0.2, -0.15) is 5.10 Å². The predicted octanol–water partition coefficient (Wildman–Crippen LogP) is 3.48. The lowest BCUT2D eigenvalue weighted by Crippen LogP contribution is -2.33. The number of anilines is 1. The molecular formula is C20H28N4O2. The quantitative estimate of drug-likeness (QED) is 0.760. The fraction of sp³-hybridized carbons (Fsp3) is 0.450. The van der Waals surface area contributed by atoms with Gasteiger partial charge in [0.1, 0.15) is 0 Å². The summed E-state index contributed by atoms with van der Waals surface area (Å²) in [6.45, 7) is 8.05. The van der Waals surface area contributed by atoms with E-state index in [2.05, 4.69) is 29.6 Å². The van der Waals surface area contributed by atoms with Crippen molar-refractivity contribution in [3.8, 4) is 0 Å². The van der Waals surface area contributed by atoms with Crippen LogP contribution in [-0.2, 0) is 11.2 Å². The maximum absolute atomic E-state index is 12.4. The molecule has 0 atom stereocenters. The highest BCUT2D eigenvalue weighted by atomic mass is 16.2.